The molecule has 16 heavy (non-hydrogen) atoms. The smallest absolute Gasteiger partial charge is 0.131 e. The van der Waals surface area contributed by atoms with E-state index in [0.717, 1.165) is 5.56 Å². The Morgan fingerprint density at radius 1 is 1.00 bits per heavy atom. The molecule has 0 amide bonds. The first-order chi connectivity index (χ1) is 7.79. The molecule has 3 heteroatoms. The summed E-state index contributed by atoms with van der Waals surface area (Å²) in [6.07, 6.45) is 0. The lowest BCUT2D eigenvalue weighted by molar-refractivity contribution is 0.474. The van der Waals surface area contributed by atoms with Crippen molar-refractivity contribution in [2.24, 2.45) is 5.73 Å². The predicted octanol–water partition coefficient (Wildman–Crippen LogP) is 3.08. The molecule has 0 atom stereocenters. The Hall–Kier alpha value is -1.87. The van der Waals surface area contributed by atoms with Crippen LogP contribution in [0.2, 0.25) is 0 Å². The van der Waals surface area contributed by atoms with Gasteiger partial charge in [0.25, 0.3) is 0 Å². The molecule has 0 saturated heterocycles. The fourth-order valence-electron chi connectivity index (χ4n) is 1.40. The van der Waals surface area contributed by atoms with Crippen molar-refractivity contribution in [1.82, 2.24) is 0 Å². The minimum absolute atomic E-state index is 0.278. The summed E-state index contributed by atoms with van der Waals surface area (Å²) in [6.45, 7) is 0.414. The second kappa shape index (κ2) is 4.77. The number of halogens is 1. The van der Waals surface area contributed by atoms with Gasteiger partial charge in [-0.25, -0.2) is 4.39 Å². The lowest BCUT2D eigenvalue weighted by Crippen LogP contribution is -1.98. The lowest BCUT2D eigenvalue weighted by atomic mass is 10.2. The summed E-state index contributed by atoms with van der Waals surface area (Å²) in [5, 5.41) is 0. The first-order valence-corrected chi connectivity index (χ1v) is 5.01. The molecule has 0 heterocycles. The lowest BCUT2D eigenvalue weighted by Gasteiger charge is -2.09. The first-order valence-electron chi connectivity index (χ1n) is 5.01. The van der Waals surface area contributed by atoms with Gasteiger partial charge >= 0.3 is 0 Å². The molecule has 0 bridgehead atoms. The first kappa shape index (κ1) is 10.6. The van der Waals surface area contributed by atoms with Crippen LogP contribution in [-0.2, 0) is 6.54 Å². The highest BCUT2D eigenvalue weighted by molar-refractivity contribution is 5.37. The Kier molecular flexibility index (Phi) is 3.17. The van der Waals surface area contributed by atoms with E-state index in [-0.39, 0.29) is 5.82 Å². The van der Waals surface area contributed by atoms with Crippen LogP contribution in [0.3, 0.4) is 0 Å². The van der Waals surface area contributed by atoms with E-state index in [9.17, 15) is 4.39 Å². The van der Waals surface area contributed by atoms with Crippen LogP contribution >= 0.6 is 0 Å². The number of para-hydroxylation sites is 1. The van der Waals surface area contributed by atoms with Gasteiger partial charge in [0, 0.05) is 12.1 Å². The van der Waals surface area contributed by atoms with Crippen molar-refractivity contribution in [3.05, 3.63) is 59.9 Å². The molecule has 2 aromatic rings. The van der Waals surface area contributed by atoms with Gasteiger partial charge in [0.2, 0.25) is 0 Å². The van der Waals surface area contributed by atoms with Gasteiger partial charge in [0.15, 0.2) is 0 Å². The molecule has 2 N–H and O–H groups in total. The van der Waals surface area contributed by atoms with E-state index in [1.807, 2.05) is 24.3 Å². The van der Waals surface area contributed by atoms with Crippen LogP contribution in [0.5, 0.6) is 11.5 Å². The van der Waals surface area contributed by atoms with Gasteiger partial charge in [0.05, 0.1) is 0 Å². The SMILES string of the molecule is NCc1ccccc1Oc1ccc(F)cc1. The third-order valence-corrected chi connectivity index (χ3v) is 2.23. The molecule has 0 aromatic heterocycles. The van der Waals surface area contributed by atoms with Crippen molar-refractivity contribution >= 4 is 0 Å². The highest BCUT2D eigenvalue weighted by Crippen LogP contribution is 2.24. The minimum Gasteiger partial charge on any atom is -0.457 e. The predicted molar refractivity (Wildman–Crippen MR) is 60.8 cm³/mol. The highest BCUT2D eigenvalue weighted by Gasteiger charge is 2.02. The number of benzene rings is 2. The summed E-state index contributed by atoms with van der Waals surface area (Å²) < 4.78 is 18.3. The molecular formula is C13H12FNO. The molecular weight excluding hydrogens is 205 g/mol. The van der Waals surface area contributed by atoms with E-state index in [1.165, 1.54) is 12.1 Å². The summed E-state index contributed by atoms with van der Waals surface area (Å²) in [4.78, 5) is 0. The van der Waals surface area contributed by atoms with Crippen molar-refractivity contribution in [1.29, 1.82) is 0 Å². The van der Waals surface area contributed by atoms with E-state index in [0.29, 0.717) is 18.0 Å². The van der Waals surface area contributed by atoms with E-state index in [1.54, 1.807) is 12.1 Å². The summed E-state index contributed by atoms with van der Waals surface area (Å²) in [7, 11) is 0. The Morgan fingerprint density at radius 3 is 2.38 bits per heavy atom. The van der Waals surface area contributed by atoms with Gasteiger partial charge < -0.3 is 10.5 Å². The molecule has 2 aromatic carbocycles. The molecule has 82 valence electrons. The summed E-state index contributed by atoms with van der Waals surface area (Å²) in [5.41, 5.74) is 6.51. The Morgan fingerprint density at radius 2 is 1.69 bits per heavy atom. The number of hydrogen-bond donors (Lipinski definition) is 1. The molecule has 0 fully saturated rings. The van der Waals surface area contributed by atoms with Crippen molar-refractivity contribution in [3.8, 4) is 11.5 Å². The van der Waals surface area contributed by atoms with Crippen LogP contribution in [0, 0.1) is 5.82 Å². The molecule has 0 spiro atoms. The molecule has 0 aliphatic rings. The van der Waals surface area contributed by atoms with Crippen molar-refractivity contribution in [2.45, 2.75) is 6.54 Å². The number of nitrogens with two attached hydrogens (primary N) is 1. The average molecular weight is 217 g/mol. The third kappa shape index (κ3) is 2.38. The van der Waals surface area contributed by atoms with Crippen molar-refractivity contribution in [2.75, 3.05) is 0 Å². The van der Waals surface area contributed by atoms with Crippen LogP contribution < -0.4 is 10.5 Å². The second-order valence-corrected chi connectivity index (χ2v) is 3.37. The van der Waals surface area contributed by atoms with Crippen LogP contribution in [0.25, 0.3) is 0 Å². The molecule has 0 aliphatic carbocycles. The monoisotopic (exact) mass is 217 g/mol. The largest absolute Gasteiger partial charge is 0.457 e. The maximum Gasteiger partial charge on any atom is 0.131 e. The fourth-order valence-corrected chi connectivity index (χ4v) is 1.40. The zero-order valence-electron chi connectivity index (χ0n) is 8.69. The average Bonchev–Trinajstić information content (AvgIpc) is 2.33. The van der Waals surface area contributed by atoms with Gasteiger partial charge in [-0.2, -0.15) is 0 Å². The van der Waals surface area contributed by atoms with Crippen LogP contribution in [0.15, 0.2) is 48.5 Å². The summed E-state index contributed by atoms with van der Waals surface area (Å²) in [6, 6.07) is 13.4. The molecule has 2 nitrogen and oxygen atoms in total. The third-order valence-electron chi connectivity index (χ3n) is 2.23. The Balaban J connectivity index is 2.23. The number of rotatable bonds is 3. The maximum absolute atomic E-state index is 12.7. The van der Waals surface area contributed by atoms with E-state index >= 15 is 0 Å². The highest BCUT2D eigenvalue weighted by atomic mass is 19.1. The zero-order valence-corrected chi connectivity index (χ0v) is 8.69. The van der Waals surface area contributed by atoms with Crippen LogP contribution in [0.4, 0.5) is 4.39 Å². The van der Waals surface area contributed by atoms with Crippen LogP contribution in [-0.4, -0.2) is 0 Å². The quantitative estimate of drug-likeness (QED) is 0.857. The Labute approximate surface area is 93.5 Å². The van der Waals surface area contributed by atoms with Gasteiger partial charge in [-0.05, 0) is 30.3 Å². The van der Waals surface area contributed by atoms with E-state index in [2.05, 4.69) is 0 Å². The number of hydrogen-bond acceptors (Lipinski definition) is 2. The van der Waals surface area contributed by atoms with Crippen molar-refractivity contribution < 1.29 is 9.13 Å². The minimum atomic E-state index is -0.278. The molecule has 0 saturated carbocycles. The zero-order chi connectivity index (χ0) is 11.4. The van der Waals surface area contributed by atoms with Crippen molar-refractivity contribution in [3.63, 3.8) is 0 Å². The van der Waals surface area contributed by atoms with Gasteiger partial charge in [-0.3, -0.25) is 0 Å². The molecule has 0 radical (unpaired) electrons. The topological polar surface area (TPSA) is 35.2 Å². The second-order valence-electron chi connectivity index (χ2n) is 3.37. The van der Waals surface area contributed by atoms with E-state index < -0.39 is 0 Å². The number of ether oxygens (including phenoxy) is 1. The molecule has 0 aliphatic heterocycles. The molecule has 2 rings (SSSR count). The molecule has 0 unspecified atom stereocenters. The Bertz CT molecular complexity index is 468. The maximum atomic E-state index is 12.7. The standard InChI is InChI=1S/C13H12FNO/c14-11-5-7-12(8-6-11)16-13-4-2-1-3-10(13)9-15/h1-8H,9,15H2. The van der Waals surface area contributed by atoms with E-state index in [4.69, 9.17) is 10.5 Å². The summed E-state index contributed by atoms with van der Waals surface area (Å²) in [5.74, 6) is 1.03. The normalized spacial score (nSPS) is 10.1. The van der Waals surface area contributed by atoms with Gasteiger partial charge in [-0.15, -0.1) is 0 Å². The van der Waals surface area contributed by atoms with Crippen LogP contribution in [0.1, 0.15) is 5.56 Å². The van der Waals surface area contributed by atoms with Gasteiger partial charge in [0.1, 0.15) is 17.3 Å². The van der Waals surface area contributed by atoms with Gasteiger partial charge in [-0.1, -0.05) is 18.2 Å². The summed E-state index contributed by atoms with van der Waals surface area (Å²) >= 11 is 0. The fraction of sp³-hybridized carbons (Fsp3) is 0.0769.